The first-order valence-corrected chi connectivity index (χ1v) is 5.54. The van der Waals surface area contributed by atoms with Gasteiger partial charge in [0.1, 0.15) is 0 Å². The highest BCUT2D eigenvalue weighted by Gasteiger charge is 2.19. The first-order valence-electron chi connectivity index (χ1n) is 5.54. The van der Waals surface area contributed by atoms with Gasteiger partial charge >= 0.3 is 0 Å². The van der Waals surface area contributed by atoms with Crippen molar-refractivity contribution in [2.75, 3.05) is 19.9 Å². The molecule has 3 nitrogen and oxygen atoms in total. The van der Waals surface area contributed by atoms with Crippen molar-refractivity contribution < 1.29 is 9.47 Å². The van der Waals surface area contributed by atoms with Gasteiger partial charge in [-0.2, -0.15) is 0 Å². The van der Waals surface area contributed by atoms with E-state index >= 15 is 0 Å². The van der Waals surface area contributed by atoms with Crippen LogP contribution >= 0.6 is 0 Å². The molecule has 1 aromatic rings. The van der Waals surface area contributed by atoms with E-state index in [4.69, 9.17) is 9.47 Å². The topological polar surface area (TPSA) is 30.5 Å². The Labute approximate surface area is 89.4 Å². The highest BCUT2D eigenvalue weighted by Crippen LogP contribution is 2.35. The van der Waals surface area contributed by atoms with E-state index in [1.54, 1.807) is 0 Å². The number of rotatable bonds is 1. The number of ether oxygens (including phenoxy) is 2. The first kappa shape index (κ1) is 9.04. The number of piperidine rings is 1. The van der Waals surface area contributed by atoms with Crippen LogP contribution in [-0.2, 0) is 0 Å². The minimum Gasteiger partial charge on any atom is -0.454 e. The van der Waals surface area contributed by atoms with Gasteiger partial charge in [0.05, 0.1) is 0 Å². The zero-order valence-corrected chi connectivity index (χ0v) is 8.66. The minimum atomic E-state index is 0.363. The maximum atomic E-state index is 5.39. The van der Waals surface area contributed by atoms with Crippen molar-refractivity contribution in [1.82, 2.24) is 5.32 Å². The molecule has 1 fully saturated rings. The molecule has 3 heteroatoms. The largest absolute Gasteiger partial charge is 0.454 e. The molecule has 0 aromatic heterocycles. The number of fused-ring (bicyclic) bond motifs is 1. The Hall–Kier alpha value is -1.22. The van der Waals surface area contributed by atoms with Crippen molar-refractivity contribution in [1.29, 1.82) is 0 Å². The zero-order chi connectivity index (χ0) is 10.1. The molecule has 1 saturated heterocycles. The average molecular weight is 205 g/mol. The van der Waals surface area contributed by atoms with Crippen molar-refractivity contribution in [3.63, 3.8) is 0 Å². The summed E-state index contributed by atoms with van der Waals surface area (Å²) in [6.07, 6.45) is 2.53. The molecular formula is C12H15NO2. The summed E-state index contributed by atoms with van der Waals surface area (Å²) in [6, 6.07) is 6.30. The van der Waals surface area contributed by atoms with Gasteiger partial charge in [-0.1, -0.05) is 6.07 Å². The fraction of sp³-hybridized carbons (Fsp3) is 0.500. The van der Waals surface area contributed by atoms with Crippen LogP contribution in [0.5, 0.6) is 11.5 Å². The molecular weight excluding hydrogens is 190 g/mol. The van der Waals surface area contributed by atoms with Gasteiger partial charge in [-0.25, -0.2) is 0 Å². The van der Waals surface area contributed by atoms with Crippen LogP contribution in [0.1, 0.15) is 24.3 Å². The smallest absolute Gasteiger partial charge is 0.231 e. The Morgan fingerprint density at radius 1 is 1.20 bits per heavy atom. The lowest BCUT2D eigenvalue weighted by Gasteiger charge is -2.23. The zero-order valence-electron chi connectivity index (χ0n) is 8.66. The van der Waals surface area contributed by atoms with Crippen LogP contribution < -0.4 is 14.8 Å². The number of hydrogen-bond acceptors (Lipinski definition) is 3. The Kier molecular flexibility index (Phi) is 2.25. The van der Waals surface area contributed by atoms with E-state index in [-0.39, 0.29) is 0 Å². The van der Waals surface area contributed by atoms with Crippen LogP contribution in [0.2, 0.25) is 0 Å². The Bertz CT molecular complexity index is 359. The van der Waals surface area contributed by atoms with Crippen LogP contribution in [-0.4, -0.2) is 19.9 Å². The highest BCUT2D eigenvalue weighted by atomic mass is 16.7. The molecule has 0 aliphatic carbocycles. The van der Waals surface area contributed by atoms with Gasteiger partial charge in [0.2, 0.25) is 6.79 Å². The van der Waals surface area contributed by atoms with Crippen molar-refractivity contribution in [2.24, 2.45) is 0 Å². The predicted molar refractivity (Wildman–Crippen MR) is 57.4 cm³/mol. The summed E-state index contributed by atoms with van der Waals surface area (Å²) in [5.41, 5.74) is 1.37. The molecule has 2 aliphatic heterocycles. The van der Waals surface area contributed by atoms with Crippen LogP contribution in [0.3, 0.4) is 0 Å². The van der Waals surface area contributed by atoms with Crippen LogP contribution in [0.25, 0.3) is 0 Å². The van der Waals surface area contributed by atoms with Crippen molar-refractivity contribution in [3.8, 4) is 11.5 Å². The summed E-state index contributed by atoms with van der Waals surface area (Å²) in [5, 5.41) is 3.43. The third kappa shape index (κ3) is 1.67. The monoisotopic (exact) mass is 205 g/mol. The average Bonchev–Trinajstić information content (AvgIpc) is 2.77. The molecule has 1 unspecified atom stereocenters. The van der Waals surface area contributed by atoms with E-state index in [1.807, 2.05) is 6.07 Å². The van der Waals surface area contributed by atoms with Crippen molar-refractivity contribution in [3.05, 3.63) is 23.8 Å². The molecule has 1 atom stereocenters. The molecule has 0 amide bonds. The molecule has 2 heterocycles. The quantitative estimate of drug-likeness (QED) is 0.759. The molecule has 3 rings (SSSR count). The second kappa shape index (κ2) is 3.74. The lowest BCUT2D eigenvalue weighted by Crippen LogP contribution is -2.28. The lowest BCUT2D eigenvalue weighted by atomic mass is 9.91. The van der Waals surface area contributed by atoms with E-state index in [1.165, 1.54) is 18.4 Å². The summed E-state index contributed by atoms with van der Waals surface area (Å²) >= 11 is 0. The standard InChI is InChI=1S/C12H15NO2/c1-2-10(7-13-5-1)9-3-4-11-12(6-9)15-8-14-11/h3-4,6,10,13H,1-2,5,7-8H2. The van der Waals surface area contributed by atoms with Gasteiger partial charge in [-0.15, -0.1) is 0 Å². The van der Waals surface area contributed by atoms with Crippen LogP contribution in [0, 0.1) is 0 Å². The summed E-state index contributed by atoms with van der Waals surface area (Å²) < 4.78 is 10.7. The van der Waals surface area contributed by atoms with Gasteiger partial charge < -0.3 is 14.8 Å². The van der Waals surface area contributed by atoms with Gasteiger partial charge in [0.25, 0.3) is 0 Å². The van der Waals surface area contributed by atoms with Gasteiger partial charge in [0, 0.05) is 6.54 Å². The van der Waals surface area contributed by atoms with Gasteiger partial charge in [-0.05, 0) is 43.0 Å². The first-order chi connectivity index (χ1) is 7.43. The molecule has 0 saturated carbocycles. The fourth-order valence-electron chi connectivity index (χ4n) is 2.30. The molecule has 0 spiro atoms. The molecule has 0 bridgehead atoms. The summed E-state index contributed by atoms with van der Waals surface area (Å²) in [6.45, 7) is 2.60. The maximum Gasteiger partial charge on any atom is 0.231 e. The highest BCUT2D eigenvalue weighted by molar-refractivity contribution is 5.45. The Morgan fingerprint density at radius 3 is 3.00 bits per heavy atom. The van der Waals surface area contributed by atoms with Crippen LogP contribution in [0.4, 0.5) is 0 Å². The molecule has 2 aliphatic rings. The summed E-state index contributed by atoms with van der Waals surface area (Å²) in [4.78, 5) is 0. The number of benzene rings is 1. The van der Waals surface area contributed by atoms with Crippen LogP contribution in [0.15, 0.2) is 18.2 Å². The summed E-state index contributed by atoms with van der Waals surface area (Å²) in [7, 11) is 0. The second-order valence-corrected chi connectivity index (χ2v) is 4.16. The van der Waals surface area contributed by atoms with Gasteiger partial charge in [-0.3, -0.25) is 0 Å². The van der Waals surface area contributed by atoms with E-state index in [0.29, 0.717) is 12.7 Å². The minimum absolute atomic E-state index is 0.363. The summed E-state index contributed by atoms with van der Waals surface area (Å²) in [5.74, 6) is 2.41. The van der Waals surface area contributed by atoms with E-state index in [9.17, 15) is 0 Å². The predicted octanol–water partition coefficient (Wildman–Crippen LogP) is 1.88. The second-order valence-electron chi connectivity index (χ2n) is 4.16. The SMILES string of the molecule is c1cc2c(cc1C1CCCNC1)OCO2. The number of nitrogens with one attached hydrogen (secondary N) is 1. The Balaban J connectivity index is 1.85. The Morgan fingerprint density at radius 2 is 2.13 bits per heavy atom. The van der Waals surface area contributed by atoms with E-state index in [0.717, 1.165) is 24.6 Å². The molecule has 0 radical (unpaired) electrons. The van der Waals surface area contributed by atoms with Crippen molar-refractivity contribution >= 4 is 0 Å². The molecule has 1 aromatic carbocycles. The van der Waals surface area contributed by atoms with E-state index < -0.39 is 0 Å². The lowest BCUT2D eigenvalue weighted by molar-refractivity contribution is 0.174. The van der Waals surface area contributed by atoms with E-state index in [2.05, 4.69) is 17.4 Å². The van der Waals surface area contributed by atoms with Gasteiger partial charge in [0.15, 0.2) is 11.5 Å². The maximum absolute atomic E-state index is 5.39. The fourth-order valence-corrected chi connectivity index (χ4v) is 2.30. The third-order valence-electron chi connectivity index (χ3n) is 3.16. The molecule has 80 valence electrons. The molecule has 1 N–H and O–H groups in total. The molecule has 15 heavy (non-hydrogen) atoms. The third-order valence-corrected chi connectivity index (χ3v) is 3.16. The normalized spacial score (nSPS) is 24.1. The number of hydrogen-bond donors (Lipinski definition) is 1. The van der Waals surface area contributed by atoms with Crippen molar-refractivity contribution in [2.45, 2.75) is 18.8 Å².